The Morgan fingerprint density at radius 1 is 1.14 bits per heavy atom. The fourth-order valence-electron chi connectivity index (χ4n) is 3.16. The molecule has 1 saturated heterocycles. The Bertz CT molecular complexity index is 918. The number of nitrogens with zero attached hydrogens (tertiary/aromatic N) is 2. The molecule has 1 aliphatic heterocycles. The molecule has 0 spiro atoms. The maximum Gasteiger partial charge on any atom is 0.240 e. The van der Waals surface area contributed by atoms with Crippen molar-refractivity contribution in [2.75, 3.05) is 51.3 Å². The van der Waals surface area contributed by atoms with Crippen LogP contribution in [0, 0.1) is 5.82 Å². The molecule has 0 aliphatic carbocycles. The second-order valence-electron chi connectivity index (χ2n) is 6.47. The molecule has 0 amide bonds. The second-order valence-corrected chi connectivity index (χ2v) is 8.65. The van der Waals surface area contributed by atoms with Gasteiger partial charge in [-0.3, -0.25) is 4.90 Å². The number of hydrogen-bond donors (Lipinski definition) is 1. The number of halogens is 2. The Balaban J connectivity index is 1.49. The summed E-state index contributed by atoms with van der Waals surface area (Å²) in [7, 11) is -2.17. The molecule has 0 radical (unpaired) electrons. The molecule has 1 fully saturated rings. The van der Waals surface area contributed by atoms with Crippen LogP contribution in [0.1, 0.15) is 0 Å². The summed E-state index contributed by atoms with van der Waals surface area (Å²) in [4.78, 5) is 4.26. The van der Waals surface area contributed by atoms with Gasteiger partial charge in [0, 0.05) is 39.3 Å². The smallest absolute Gasteiger partial charge is 0.240 e. The maximum absolute atomic E-state index is 13.9. The Kier molecular flexibility index (Phi) is 6.77. The minimum atomic E-state index is -3.64. The average molecular weight is 428 g/mol. The van der Waals surface area contributed by atoms with E-state index in [9.17, 15) is 12.8 Å². The maximum atomic E-state index is 13.9. The fraction of sp³-hybridized carbons (Fsp3) is 0.368. The van der Waals surface area contributed by atoms with Crippen molar-refractivity contribution in [1.82, 2.24) is 9.62 Å². The van der Waals surface area contributed by atoms with Gasteiger partial charge in [-0.25, -0.2) is 17.5 Å². The van der Waals surface area contributed by atoms with Gasteiger partial charge in [0.25, 0.3) is 0 Å². The third kappa shape index (κ3) is 4.94. The molecule has 0 atom stereocenters. The molecule has 1 aliphatic rings. The predicted octanol–water partition coefficient (Wildman–Crippen LogP) is 2.59. The summed E-state index contributed by atoms with van der Waals surface area (Å²) in [6.07, 6.45) is 0. The number of piperazine rings is 1. The summed E-state index contributed by atoms with van der Waals surface area (Å²) in [5.41, 5.74) is 0.610. The number of benzene rings is 2. The lowest BCUT2D eigenvalue weighted by atomic mass is 10.2. The second kappa shape index (κ2) is 9.09. The lowest BCUT2D eigenvalue weighted by molar-refractivity contribution is 0.261. The minimum absolute atomic E-state index is 0.0997. The van der Waals surface area contributed by atoms with Crippen LogP contribution in [-0.2, 0) is 10.0 Å². The van der Waals surface area contributed by atoms with Crippen molar-refractivity contribution in [3.8, 4) is 5.75 Å². The van der Waals surface area contributed by atoms with Gasteiger partial charge >= 0.3 is 0 Å². The number of anilines is 1. The molecule has 2 aromatic carbocycles. The van der Waals surface area contributed by atoms with Crippen molar-refractivity contribution >= 4 is 27.3 Å². The van der Waals surface area contributed by atoms with Crippen LogP contribution in [-0.4, -0.2) is 59.7 Å². The molecule has 9 heteroatoms. The summed E-state index contributed by atoms with van der Waals surface area (Å²) in [6.45, 7) is 3.73. The number of sulfonamides is 1. The van der Waals surface area contributed by atoms with E-state index in [2.05, 4.69) is 9.62 Å². The molecule has 28 heavy (non-hydrogen) atoms. The van der Waals surface area contributed by atoms with Crippen molar-refractivity contribution in [3.05, 3.63) is 53.3 Å². The van der Waals surface area contributed by atoms with Crippen LogP contribution in [0.4, 0.5) is 10.1 Å². The molecule has 1 heterocycles. The molecular formula is C19H23ClFN3O3S. The summed E-state index contributed by atoms with van der Waals surface area (Å²) in [5, 5.41) is 0.245. The topological polar surface area (TPSA) is 61.9 Å². The number of para-hydroxylation sites is 1. The molecule has 2 aromatic rings. The SMILES string of the molecule is COc1ccc(S(=O)(=O)NCCN2CCN(c3ccccc3F)CC2)cc1Cl. The van der Waals surface area contributed by atoms with E-state index in [0.717, 1.165) is 13.1 Å². The Hall–Kier alpha value is -1.87. The quantitative estimate of drug-likeness (QED) is 0.736. The van der Waals surface area contributed by atoms with E-state index >= 15 is 0 Å². The van der Waals surface area contributed by atoms with Crippen molar-refractivity contribution in [3.63, 3.8) is 0 Å². The van der Waals surface area contributed by atoms with E-state index in [-0.39, 0.29) is 22.3 Å². The van der Waals surface area contributed by atoms with Gasteiger partial charge in [-0.1, -0.05) is 23.7 Å². The molecule has 0 bridgehead atoms. The summed E-state index contributed by atoms with van der Waals surface area (Å²) in [5.74, 6) is 0.204. The molecule has 0 aromatic heterocycles. The lowest BCUT2D eigenvalue weighted by Gasteiger charge is -2.36. The molecule has 152 valence electrons. The van der Waals surface area contributed by atoms with E-state index in [0.29, 0.717) is 31.1 Å². The molecular weight excluding hydrogens is 405 g/mol. The largest absolute Gasteiger partial charge is 0.495 e. The Morgan fingerprint density at radius 3 is 2.50 bits per heavy atom. The fourth-order valence-corrected chi connectivity index (χ4v) is 4.53. The molecule has 3 rings (SSSR count). The van der Waals surface area contributed by atoms with Crippen LogP contribution >= 0.6 is 11.6 Å². The first-order valence-electron chi connectivity index (χ1n) is 8.96. The van der Waals surface area contributed by atoms with E-state index in [1.165, 1.54) is 31.4 Å². The van der Waals surface area contributed by atoms with Crippen LogP contribution in [0.3, 0.4) is 0 Å². The first-order valence-corrected chi connectivity index (χ1v) is 10.8. The van der Waals surface area contributed by atoms with Gasteiger partial charge in [0.1, 0.15) is 11.6 Å². The highest BCUT2D eigenvalue weighted by Crippen LogP contribution is 2.26. The number of methoxy groups -OCH3 is 1. The van der Waals surface area contributed by atoms with E-state index < -0.39 is 10.0 Å². The van der Waals surface area contributed by atoms with Gasteiger partial charge in [-0.15, -0.1) is 0 Å². The van der Waals surface area contributed by atoms with Gasteiger partial charge < -0.3 is 9.64 Å². The highest BCUT2D eigenvalue weighted by Gasteiger charge is 2.20. The van der Waals surface area contributed by atoms with Crippen molar-refractivity contribution in [2.45, 2.75) is 4.90 Å². The van der Waals surface area contributed by atoms with Crippen LogP contribution < -0.4 is 14.4 Å². The molecule has 6 nitrogen and oxygen atoms in total. The summed E-state index contributed by atoms with van der Waals surface area (Å²) < 4.78 is 46.4. The molecule has 0 unspecified atom stereocenters. The summed E-state index contributed by atoms with van der Waals surface area (Å²) >= 11 is 6.01. The molecule has 0 saturated carbocycles. The lowest BCUT2D eigenvalue weighted by Crippen LogP contribution is -2.48. The average Bonchev–Trinajstić information content (AvgIpc) is 2.69. The van der Waals surface area contributed by atoms with Crippen molar-refractivity contribution in [1.29, 1.82) is 0 Å². The highest BCUT2D eigenvalue weighted by molar-refractivity contribution is 7.89. The zero-order valence-electron chi connectivity index (χ0n) is 15.6. The Labute approximate surface area is 169 Å². The van der Waals surface area contributed by atoms with Crippen LogP contribution in [0.25, 0.3) is 0 Å². The van der Waals surface area contributed by atoms with Crippen LogP contribution in [0.5, 0.6) is 5.75 Å². The Morgan fingerprint density at radius 2 is 1.86 bits per heavy atom. The van der Waals surface area contributed by atoms with Gasteiger partial charge in [-0.2, -0.15) is 0 Å². The number of ether oxygens (including phenoxy) is 1. The van der Waals surface area contributed by atoms with Crippen molar-refractivity contribution < 1.29 is 17.5 Å². The summed E-state index contributed by atoms with van der Waals surface area (Å²) in [6, 6.07) is 11.1. The van der Waals surface area contributed by atoms with Crippen LogP contribution in [0.15, 0.2) is 47.4 Å². The van der Waals surface area contributed by atoms with Gasteiger partial charge in [0.05, 0.1) is 22.7 Å². The minimum Gasteiger partial charge on any atom is -0.495 e. The van der Waals surface area contributed by atoms with Gasteiger partial charge in [0.2, 0.25) is 10.0 Å². The van der Waals surface area contributed by atoms with E-state index in [1.807, 2.05) is 11.0 Å². The normalized spacial score (nSPS) is 15.6. The van der Waals surface area contributed by atoms with E-state index in [1.54, 1.807) is 12.1 Å². The number of hydrogen-bond acceptors (Lipinski definition) is 5. The van der Waals surface area contributed by atoms with Crippen molar-refractivity contribution in [2.24, 2.45) is 0 Å². The van der Waals surface area contributed by atoms with Crippen LogP contribution in [0.2, 0.25) is 5.02 Å². The highest BCUT2D eigenvalue weighted by atomic mass is 35.5. The van der Waals surface area contributed by atoms with Gasteiger partial charge in [-0.05, 0) is 30.3 Å². The zero-order valence-corrected chi connectivity index (χ0v) is 17.1. The third-order valence-corrected chi connectivity index (χ3v) is 6.47. The predicted molar refractivity (Wildman–Crippen MR) is 108 cm³/mol. The molecule has 1 N–H and O–H groups in total. The monoisotopic (exact) mass is 427 g/mol. The van der Waals surface area contributed by atoms with Gasteiger partial charge in [0.15, 0.2) is 0 Å². The number of nitrogens with one attached hydrogen (secondary N) is 1. The number of rotatable bonds is 7. The standard InChI is InChI=1S/C19H23ClFN3O3S/c1-27-19-7-6-15(14-16(19)20)28(25,26)22-8-9-23-10-12-24(13-11-23)18-5-3-2-4-17(18)21/h2-7,14,22H,8-13H2,1H3. The zero-order chi connectivity index (χ0) is 20.1. The van der Waals surface area contributed by atoms with E-state index in [4.69, 9.17) is 16.3 Å². The first kappa shape index (κ1) is 20.9. The first-order chi connectivity index (χ1) is 13.4. The third-order valence-electron chi connectivity index (χ3n) is 4.72.